The van der Waals surface area contributed by atoms with Crippen molar-refractivity contribution in [2.75, 3.05) is 38.2 Å². The number of ether oxygens (including phenoxy) is 2. The minimum absolute atomic E-state index is 0.0312. The molecule has 45 heavy (non-hydrogen) atoms. The average molecular weight is 613 g/mol. The number of carbonyl (C=O) groups excluding carboxylic acids is 1. The van der Waals surface area contributed by atoms with Crippen LogP contribution in [0, 0.1) is 12.7 Å². The number of hydrogen-bond donors (Lipinski definition) is 0. The van der Waals surface area contributed by atoms with E-state index in [9.17, 15) is 4.79 Å². The van der Waals surface area contributed by atoms with E-state index in [2.05, 4.69) is 32.9 Å². The number of hydrogen-bond acceptors (Lipinski definition) is 8. The topological polar surface area (TPSA) is 83.9 Å². The van der Waals surface area contributed by atoms with Gasteiger partial charge in [-0.2, -0.15) is 9.97 Å². The van der Waals surface area contributed by atoms with Gasteiger partial charge in [-0.05, 0) is 77.7 Å². The summed E-state index contributed by atoms with van der Waals surface area (Å²) in [6.45, 7) is 10.3. The standard InChI is InChI=1S/C35H41FN6O3/c1-21-11-14-26-22(16-21)8-6-10-27(26)30-29(36)31-28(17-37-30)32(39-33(38-31)44-20-25-9-7-15-40(25)5)41-18-23-12-13-24(19-41)42(23)34(43)45-35(2,3)4/h6,8,10-11,14,16-17,23-25H,7,9,12-13,15,18-20H2,1-5H3/t23?,24?,25-/m0/s1. The summed E-state index contributed by atoms with van der Waals surface area (Å²) in [5.74, 6) is 0.0874. The van der Waals surface area contributed by atoms with Crippen molar-refractivity contribution >= 4 is 33.6 Å². The summed E-state index contributed by atoms with van der Waals surface area (Å²) < 4.78 is 28.6. The lowest BCUT2D eigenvalue weighted by atomic mass is 9.99. The Labute approximate surface area is 263 Å². The second-order valence-corrected chi connectivity index (χ2v) is 13.8. The Morgan fingerprint density at radius 1 is 1.04 bits per heavy atom. The second kappa shape index (κ2) is 11.4. The molecule has 3 aliphatic rings. The minimum atomic E-state index is -0.569. The molecular weight excluding hydrogens is 571 g/mol. The molecule has 5 heterocycles. The number of aromatic nitrogens is 3. The molecule has 0 N–H and O–H groups in total. The zero-order chi connectivity index (χ0) is 31.5. The van der Waals surface area contributed by atoms with E-state index in [-0.39, 0.29) is 41.4 Å². The first-order chi connectivity index (χ1) is 21.6. The van der Waals surface area contributed by atoms with E-state index in [1.54, 1.807) is 6.20 Å². The highest BCUT2D eigenvalue weighted by atomic mass is 19.1. The first kappa shape index (κ1) is 29.6. The van der Waals surface area contributed by atoms with Gasteiger partial charge < -0.3 is 19.3 Å². The summed E-state index contributed by atoms with van der Waals surface area (Å²) in [5.41, 5.74) is 1.72. The fraction of sp³-hybridized carbons (Fsp3) is 0.486. The molecule has 2 unspecified atom stereocenters. The molecule has 10 heteroatoms. The fourth-order valence-electron chi connectivity index (χ4n) is 7.17. The summed E-state index contributed by atoms with van der Waals surface area (Å²) in [7, 11) is 2.09. The van der Waals surface area contributed by atoms with Gasteiger partial charge in [0, 0.05) is 30.9 Å². The molecule has 3 atom stereocenters. The van der Waals surface area contributed by atoms with Crippen molar-refractivity contribution in [1.29, 1.82) is 0 Å². The molecule has 3 fully saturated rings. The van der Waals surface area contributed by atoms with Gasteiger partial charge in [-0.3, -0.25) is 9.88 Å². The third-order valence-corrected chi connectivity index (χ3v) is 9.40. The number of halogens is 1. The molecule has 4 aromatic rings. The molecule has 9 nitrogen and oxygen atoms in total. The number of rotatable bonds is 5. The van der Waals surface area contributed by atoms with Crippen molar-refractivity contribution in [3.8, 4) is 17.3 Å². The van der Waals surface area contributed by atoms with Gasteiger partial charge in [0.05, 0.1) is 17.5 Å². The highest BCUT2D eigenvalue weighted by Crippen LogP contribution is 2.38. The van der Waals surface area contributed by atoms with Crippen LogP contribution in [0.15, 0.2) is 42.6 Å². The Balaban J connectivity index is 1.28. The summed E-state index contributed by atoms with van der Waals surface area (Å²) >= 11 is 0. The second-order valence-electron chi connectivity index (χ2n) is 13.8. The van der Waals surface area contributed by atoms with Gasteiger partial charge in [0.15, 0.2) is 5.82 Å². The van der Waals surface area contributed by atoms with Crippen molar-refractivity contribution in [3.63, 3.8) is 0 Å². The smallest absolute Gasteiger partial charge is 0.410 e. The lowest BCUT2D eigenvalue weighted by Crippen LogP contribution is -2.57. The normalized spacial score (nSPS) is 22.0. The van der Waals surface area contributed by atoms with Gasteiger partial charge in [0.2, 0.25) is 0 Å². The molecule has 0 spiro atoms. The van der Waals surface area contributed by atoms with Crippen LogP contribution in [0.1, 0.15) is 52.0 Å². The number of fused-ring (bicyclic) bond motifs is 4. The van der Waals surface area contributed by atoms with E-state index in [1.807, 2.05) is 62.9 Å². The number of benzene rings is 2. The fourth-order valence-corrected chi connectivity index (χ4v) is 7.17. The van der Waals surface area contributed by atoms with E-state index in [0.717, 1.165) is 48.6 Å². The lowest BCUT2D eigenvalue weighted by molar-refractivity contribution is 0.0122. The molecule has 0 radical (unpaired) electrons. The van der Waals surface area contributed by atoms with E-state index in [4.69, 9.17) is 14.5 Å². The van der Waals surface area contributed by atoms with Crippen molar-refractivity contribution in [2.45, 2.75) is 77.1 Å². The van der Waals surface area contributed by atoms with Crippen molar-refractivity contribution < 1.29 is 18.7 Å². The number of amides is 1. The molecule has 3 saturated heterocycles. The number of nitrogens with zero attached hydrogens (tertiary/aromatic N) is 6. The number of pyridine rings is 1. The summed E-state index contributed by atoms with van der Waals surface area (Å²) in [5, 5.41) is 2.49. The van der Waals surface area contributed by atoms with Crippen LogP contribution < -0.4 is 9.64 Å². The minimum Gasteiger partial charge on any atom is -0.462 e. The zero-order valence-electron chi connectivity index (χ0n) is 26.7. The molecular formula is C35H41FN6O3. The number of likely N-dealkylation sites (tertiary alicyclic amines) is 1. The predicted molar refractivity (Wildman–Crippen MR) is 173 cm³/mol. The van der Waals surface area contributed by atoms with Crippen molar-refractivity contribution in [1.82, 2.24) is 24.8 Å². The molecule has 2 aromatic carbocycles. The predicted octanol–water partition coefficient (Wildman–Crippen LogP) is 6.35. The molecule has 3 aliphatic heterocycles. The van der Waals surface area contributed by atoms with Crippen LogP contribution in [0.25, 0.3) is 32.9 Å². The van der Waals surface area contributed by atoms with E-state index in [0.29, 0.717) is 36.5 Å². The van der Waals surface area contributed by atoms with Crippen molar-refractivity contribution in [2.24, 2.45) is 0 Å². The van der Waals surface area contributed by atoms with Crippen LogP contribution >= 0.6 is 0 Å². The van der Waals surface area contributed by atoms with Gasteiger partial charge in [0.25, 0.3) is 0 Å². The van der Waals surface area contributed by atoms with E-state index in [1.165, 1.54) is 0 Å². The van der Waals surface area contributed by atoms with Crippen LogP contribution in [0.2, 0.25) is 0 Å². The first-order valence-corrected chi connectivity index (χ1v) is 16.0. The summed E-state index contributed by atoms with van der Waals surface area (Å²) in [6.07, 6.45) is 5.31. The lowest BCUT2D eigenvalue weighted by Gasteiger charge is -2.42. The highest BCUT2D eigenvalue weighted by molar-refractivity contribution is 5.99. The summed E-state index contributed by atoms with van der Waals surface area (Å²) in [4.78, 5) is 33.6. The van der Waals surface area contributed by atoms with Crippen molar-refractivity contribution in [3.05, 3.63) is 54.0 Å². The van der Waals surface area contributed by atoms with Gasteiger partial charge in [-0.1, -0.05) is 42.0 Å². The number of piperazine rings is 1. The number of carbonyl (C=O) groups is 1. The highest BCUT2D eigenvalue weighted by Gasteiger charge is 2.45. The van der Waals surface area contributed by atoms with Gasteiger partial charge in [-0.15, -0.1) is 0 Å². The molecule has 7 rings (SSSR count). The van der Waals surface area contributed by atoms with Crippen LogP contribution in [0.4, 0.5) is 15.0 Å². The maximum absolute atomic E-state index is 16.7. The van der Waals surface area contributed by atoms with E-state index < -0.39 is 11.4 Å². The number of likely N-dealkylation sites (N-methyl/N-ethyl adjacent to an activating group) is 1. The third-order valence-electron chi connectivity index (χ3n) is 9.40. The Bertz CT molecular complexity index is 1760. The molecule has 0 saturated carbocycles. The van der Waals surface area contributed by atoms with Crippen LogP contribution in [0.3, 0.4) is 0 Å². The molecule has 1 amide bonds. The quantitative estimate of drug-likeness (QED) is 0.258. The molecule has 0 aliphatic carbocycles. The van der Waals surface area contributed by atoms with Gasteiger partial charge >= 0.3 is 12.1 Å². The SMILES string of the molecule is Cc1ccc2c(-c3ncc4c(N5CC6CCC(C5)N6C(=O)OC(C)(C)C)nc(OC[C@@H]5CCCN5C)nc4c3F)cccc2c1. The monoisotopic (exact) mass is 612 g/mol. The number of anilines is 1. The number of aryl methyl sites for hydroxylation is 1. The van der Waals surface area contributed by atoms with E-state index >= 15 is 4.39 Å². The largest absolute Gasteiger partial charge is 0.462 e. The van der Waals surface area contributed by atoms with Crippen LogP contribution in [-0.2, 0) is 4.74 Å². The molecule has 2 aromatic heterocycles. The Kier molecular flexibility index (Phi) is 7.50. The third kappa shape index (κ3) is 5.65. The first-order valence-electron chi connectivity index (χ1n) is 16.0. The molecule has 2 bridgehead atoms. The van der Waals surface area contributed by atoms with Crippen LogP contribution in [-0.4, -0.2) is 87.9 Å². The Hall–Kier alpha value is -4.05. The van der Waals surface area contributed by atoms with Gasteiger partial charge in [-0.25, -0.2) is 9.18 Å². The maximum atomic E-state index is 16.7. The Morgan fingerprint density at radius 3 is 2.53 bits per heavy atom. The van der Waals surface area contributed by atoms with Crippen LogP contribution in [0.5, 0.6) is 6.01 Å². The Morgan fingerprint density at radius 2 is 1.82 bits per heavy atom. The maximum Gasteiger partial charge on any atom is 0.410 e. The zero-order valence-corrected chi connectivity index (χ0v) is 26.7. The summed E-state index contributed by atoms with van der Waals surface area (Å²) in [6, 6.07) is 12.4. The molecule has 236 valence electrons. The van der Waals surface area contributed by atoms with Gasteiger partial charge in [0.1, 0.15) is 29.2 Å². The average Bonchev–Trinajstić information content (AvgIpc) is 3.53.